The number of carbonyl (C=O) groups is 1. The van der Waals surface area contributed by atoms with Gasteiger partial charge in [0.2, 0.25) is 5.88 Å². The molecule has 1 aliphatic heterocycles. The highest BCUT2D eigenvalue weighted by molar-refractivity contribution is 6.30. The van der Waals surface area contributed by atoms with E-state index in [4.69, 9.17) is 16.3 Å². The molecule has 0 spiro atoms. The molecule has 1 fully saturated rings. The Morgan fingerprint density at radius 2 is 1.96 bits per heavy atom. The molecular formula is C20H18ClN5O2. The Morgan fingerprint density at radius 1 is 1.14 bits per heavy atom. The highest BCUT2D eigenvalue weighted by Crippen LogP contribution is 2.32. The van der Waals surface area contributed by atoms with E-state index in [1.807, 2.05) is 6.92 Å². The maximum absolute atomic E-state index is 12.9. The summed E-state index contributed by atoms with van der Waals surface area (Å²) in [6.45, 7) is 2.48. The summed E-state index contributed by atoms with van der Waals surface area (Å²) in [4.78, 5) is 31.8. The van der Waals surface area contributed by atoms with E-state index in [9.17, 15) is 4.79 Å². The molecule has 0 unspecified atom stereocenters. The van der Waals surface area contributed by atoms with Crippen molar-refractivity contribution in [1.82, 2.24) is 24.8 Å². The van der Waals surface area contributed by atoms with Gasteiger partial charge in [0.15, 0.2) is 0 Å². The molecule has 0 saturated carbocycles. The number of aryl methyl sites for hydroxylation is 1. The third kappa shape index (κ3) is 3.94. The van der Waals surface area contributed by atoms with Gasteiger partial charge in [-0.3, -0.25) is 14.8 Å². The van der Waals surface area contributed by atoms with E-state index in [-0.39, 0.29) is 11.9 Å². The molecule has 1 aromatic carbocycles. The third-order valence-corrected chi connectivity index (χ3v) is 4.77. The SMILES string of the molecule is Cc1cnc(C(=O)N2CCC[C@H]2c2cncc(Oc3ccc(Cl)cc3)n2)cn1. The number of amides is 1. The average molecular weight is 396 g/mol. The van der Waals surface area contributed by atoms with Crippen LogP contribution in [0.4, 0.5) is 0 Å². The van der Waals surface area contributed by atoms with Gasteiger partial charge in [-0.1, -0.05) is 11.6 Å². The quantitative estimate of drug-likeness (QED) is 0.664. The fourth-order valence-electron chi connectivity index (χ4n) is 3.16. The lowest BCUT2D eigenvalue weighted by Crippen LogP contribution is -2.31. The van der Waals surface area contributed by atoms with Crippen LogP contribution < -0.4 is 4.74 Å². The molecule has 7 nitrogen and oxygen atoms in total. The van der Waals surface area contributed by atoms with Crippen LogP contribution in [0.1, 0.15) is 40.8 Å². The number of rotatable bonds is 4. The second-order valence-corrected chi connectivity index (χ2v) is 6.97. The van der Waals surface area contributed by atoms with Gasteiger partial charge < -0.3 is 9.64 Å². The lowest BCUT2D eigenvalue weighted by molar-refractivity contribution is 0.0725. The summed E-state index contributed by atoms with van der Waals surface area (Å²) >= 11 is 5.90. The zero-order valence-corrected chi connectivity index (χ0v) is 16.0. The summed E-state index contributed by atoms with van der Waals surface area (Å²) in [5.41, 5.74) is 1.80. The molecule has 8 heteroatoms. The molecule has 3 heterocycles. The Morgan fingerprint density at radius 3 is 2.71 bits per heavy atom. The lowest BCUT2D eigenvalue weighted by atomic mass is 10.1. The van der Waals surface area contributed by atoms with Gasteiger partial charge in [-0.15, -0.1) is 0 Å². The Hall–Kier alpha value is -3.06. The fourth-order valence-corrected chi connectivity index (χ4v) is 3.29. The number of nitrogens with zero attached hydrogens (tertiary/aromatic N) is 5. The van der Waals surface area contributed by atoms with Crippen molar-refractivity contribution >= 4 is 17.5 Å². The maximum Gasteiger partial charge on any atom is 0.274 e. The molecule has 0 bridgehead atoms. The van der Waals surface area contributed by atoms with Crippen molar-refractivity contribution in [2.75, 3.05) is 6.54 Å². The van der Waals surface area contributed by atoms with Gasteiger partial charge in [-0.25, -0.2) is 9.97 Å². The Bertz CT molecular complexity index is 979. The predicted molar refractivity (Wildman–Crippen MR) is 103 cm³/mol. The molecule has 0 aliphatic carbocycles. The minimum absolute atomic E-state index is 0.152. The van der Waals surface area contributed by atoms with E-state index in [0.29, 0.717) is 34.6 Å². The lowest BCUT2D eigenvalue weighted by Gasteiger charge is -2.23. The van der Waals surface area contributed by atoms with Crippen molar-refractivity contribution in [3.8, 4) is 11.6 Å². The molecular weight excluding hydrogens is 378 g/mol. The molecule has 1 aliphatic rings. The molecule has 1 amide bonds. The van der Waals surface area contributed by atoms with Crippen molar-refractivity contribution in [2.24, 2.45) is 0 Å². The van der Waals surface area contributed by atoms with Crippen LogP contribution in [0.5, 0.6) is 11.6 Å². The van der Waals surface area contributed by atoms with E-state index in [2.05, 4.69) is 19.9 Å². The number of hydrogen-bond acceptors (Lipinski definition) is 6. The molecule has 0 N–H and O–H groups in total. The molecule has 1 atom stereocenters. The summed E-state index contributed by atoms with van der Waals surface area (Å²) in [5, 5.41) is 0.631. The molecule has 28 heavy (non-hydrogen) atoms. The fraction of sp³-hybridized carbons (Fsp3) is 0.250. The van der Waals surface area contributed by atoms with Crippen LogP contribution in [0, 0.1) is 6.92 Å². The first-order valence-electron chi connectivity index (χ1n) is 8.95. The summed E-state index contributed by atoms with van der Waals surface area (Å²) < 4.78 is 5.77. The van der Waals surface area contributed by atoms with Crippen LogP contribution in [0.15, 0.2) is 49.1 Å². The summed E-state index contributed by atoms with van der Waals surface area (Å²) in [7, 11) is 0. The first kappa shape index (κ1) is 18.3. The summed E-state index contributed by atoms with van der Waals surface area (Å²) in [6.07, 6.45) is 8.03. The van der Waals surface area contributed by atoms with E-state index < -0.39 is 0 Å². The van der Waals surface area contributed by atoms with Crippen LogP contribution >= 0.6 is 11.6 Å². The van der Waals surface area contributed by atoms with Gasteiger partial charge in [-0.05, 0) is 44.0 Å². The Kier molecular flexibility index (Phi) is 5.16. The Balaban J connectivity index is 1.55. The average Bonchev–Trinajstić information content (AvgIpc) is 3.20. The van der Waals surface area contributed by atoms with Crippen LogP contribution in [-0.4, -0.2) is 37.3 Å². The number of carbonyl (C=O) groups excluding carboxylic acids is 1. The third-order valence-electron chi connectivity index (χ3n) is 4.52. The van der Waals surface area contributed by atoms with E-state index >= 15 is 0 Å². The van der Waals surface area contributed by atoms with E-state index in [1.165, 1.54) is 6.20 Å². The predicted octanol–water partition coefficient (Wildman–Crippen LogP) is 4.00. The zero-order valence-electron chi connectivity index (χ0n) is 15.2. The normalized spacial score (nSPS) is 16.2. The molecule has 1 saturated heterocycles. The second-order valence-electron chi connectivity index (χ2n) is 6.54. The van der Waals surface area contributed by atoms with E-state index in [0.717, 1.165) is 18.5 Å². The van der Waals surface area contributed by atoms with Gasteiger partial charge in [0.25, 0.3) is 5.91 Å². The highest BCUT2D eigenvalue weighted by Gasteiger charge is 2.32. The van der Waals surface area contributed by atoms with Crippen molar-refractivity contribution < 1.29 is 9.53 Å². The smallest absolute Gasteiger partial charge is 0.274 e. The number of hydrogen-bond donors (Lipinski definition) is 0. The van der Waals surface area contributed by atoms with Crippen LogP contribution in [0.3, 0.4) is 0 Å². The van der Waals surface area contributed by atoms with Crippen molar-refractivity contribution in [3.05, 3.63) is 71.2 Å². The van der Waals surface area contributed by atoms with Gasteiger partial charge >= 0.3 is 0 Å². The van der Waals surface area contributed by atoms with Gasteiger partial charge in [0.05, 0.1) is 36.0 Å². The standard InChI is InChI=1S/C20H18ClN5O2/c1-13-9-24-17(11-23-13)20(27)26-8-2-3-18(26)16-10-22-12-19(25-16)28-15-6-4-14(21)5-7-15/h4-7,9-12,18H,2-3,8H2,1H3/t18-/m0/s1. The largest absolute Gasteiger partial charge is 0.437 e. The molecule has 0 radical (unpaired) electrons. The minimum atomic E-state index is -0.170. The maximum atomic E-state index is 12.9. The molecule has 142 valence electrons. The topological polar surface area (TPSA) is 81.1 Å². The summed E-state index contributed by atoms with van der Waals surface area (Å²) in [5.74, 6) is 0.834. The number of ether oxygens (including phenoxy) is 1. The highest BCUT2D eigenvalue weighted by atomic mass is 35.5. The van der Waals surface area contributed by atoms with Crippen molar-refractivity contribution in [2.45, 2.75) is 25.8 Å². The van der Waals surface area contributed by atoms with Gasteiger partial charge in [0.1, 0.15) is 11.4 Å². The number of halogens is 1. The molecule has 4 rings (SSSR count). The van der Waals surface area contributed by atoms with Crippen molar-refractivity contribution in [3.63, 3.8) is 0 Å². The van der Waals surface area contributed by atoms with Crippen LogP contribution in [-0.2, 0) is 0 Å². The first-order valence-corrected chi connectivity index (χ1v) is 9.33. The minimum Gasteiger partial charge on any atom is -0.437 e. The number of benzene rings is 1. The molecule has 3 aromatic rings. The van der Waals surface area contributed by atoms with Gasteiger partial charge in [-0.2, -0.15) is 0 Å². The van der Waals surface area contributed by atoms with E-state index in [1.54, 1.807) is 47.8 Å². The van der Waals surface area contributed by atoms with Crippen LogP contribution in [0.2, 0.25) is 5.02 Å². The Labute approximate surface area is 167 Å². The van der Waals surface area contributed by atoms with Gasteiger partial charge in [0, 0.05) is 17.8 Å². The zero-order chi connectivity index (χ0) is 19.5. The number of aromatic nitrogens is 4. The second kappa shape index (κ2) is 7.90. The number of likely N-dealkylation sites (tertiary alicyclic amines) is 1. The summed E-state index contributed by atoms with van der Waals surface area (Å²) in [6, 6.07) is 6.84. The monoisotopic (exact) mass is 395 g/mol. The van der Waals surface area contributed by atoms with Crippen LogP contribution in [0.25, 0.3) is 0 Å². The molecule has 2 aromatic heterocycles. The first-order chi connectivity index (χ1) is 13.6. The van der Waals surface area contributed by atoms with Crippen molar-refractivity contribution in [1.29, 1.82) is 0 Å².